The van der Waals surface area contributed by atoms with Crippen LogP contribution in [0.4, 0.5) is 4.79 Å². The predicted octanol–water partition coefficient (Wildman–Crippen LogP) is 4.04. The monoisotopic (exact) mass is 433 g/mol. The Morgan fingerprint density at radius 2 is 1.93 bits per heavy atom. The van der Waals surface area contributed by atoms with E-state index in [1.165, 1.54) is 18.2 Å². The first-order valence-corrected chi connectivity index (χ1v) is 11.0. The van der Waals surface area contributed by atoms with Crippen LogP contribution in [0, 0.1) is 0 Å². The summed E-state index contributed by atoms with van der Waals surface area (Å²) in [4.78, 5) is 24.2. The van der Waals surface area contributed by atoms with E-state index >= 15 is 0 Å². The zero-order valence-electron chi connectivity index (χ0n) is 16.1. The number of imide groups is 1. The molecule has 1 aromatic carbocycles. The number of halogens is 1. The molecule has 0 unspecified atom stereocenters. The van der Waals surface area contributed by atoms with Crippen LogP contribution >= 0.6 is 23.4 Å². The van der Waals surface area contributed by atoms with E-state index in [4.69, 9.17) is 11.6 Å². The third-order valence-corrected chi connectivity index (χ3v) is 5.88. The molecule has 0 saturated heterocycles. The number of nitrogens with one attached hydrogen (secondary N) is 2. The Balaban J connectivity index is 1.58. The molecule has 0 spiro atoms. The topological polar surface area (TPSA) is 88.9 Å². The van der Waals surface area contributed by atoms with Gasteiger partial charge < -0.3 is 5.32 Å². The Labute approximate surface area is 179 Å². The minimum absolute atomic E-state index is 0.0635. The summed E-state index contributed by atoms with van der Waals surface area (Å²) in [7, 11) is 0. The van der Waals surface area contributed by atoms with E-state index in [9.17, 15) is 9.59 Å². The van der Waals surface area contributed by atoms with Gasteiger partial charge in [-0.2, -0.15) is 0 Å². The maximum atomic E-state index is 12.2. The van der Waals surface area contributed by atoms with Crippen molar-refractivity contribution in [1.29, 1.82) is 0 Å². The molecule has 0 bridgehead atoms. The van der Waals surface area contributed by atoms with E-state index in [1.54, 1.807) is 18.2 Å². The van der Waals surface area contributed by atoms with Crippen molar-refractivity contribution in [2.45, 2.75) is 49.8 Å². The lowest BCUT2D eigenvalue weighted by atomic mass is 9.96. The van der Waals surface area contributed by atoms with Crippen LogP contribution < -0.4 is 10.6 Å². The van der Waals surface area contributed by atoms with E-state index in [2.05, 4.69) is 27.4 Å². The van der Waals surface area contributed by atoms with Gasteiger partial charge in [0.25, 0.3) is 0 Å². The number of aromatic nitrogens is 3. The maximum Gasteiger partial charge on any atom is 0.321 e. The lowest BCUT2D eigenvalue weighted by Crippen LogP contribution is -2.45. The van der Waals surface area contributed by atoms with Gasteiger partial charge in [0.1, 0.15) is 0 Å². The van der Waals surface area contributed by atoms with Crippen LogP contribution in [0.25, 0.3) is 11.4 Å². The highest BCUT2D eigenvalue weighted by molar-refractivity contribution is 7.99. The molecule has 3 rings (SSSR count). The first kappa shape index (κ1) is 21.4. The number of carbonyl (C=O) groups is 2. The fourth-order valence-corrected chi connectivity index (χ4v) is 4.14. The van der Waals surface area contributed by atoms with Gasteiger partial charge in [-0.1, -0.05) is 48.7 Å². The molecule has 1 aliphatic carbocycles. The Morgan fingerprint density at radius 3 is 2.62 bits per heavy atom. The van der Waals surface area contributed by atoms with Crippen molar-refractivity contribution in [1.82, 2.24) is 25.4 Å². The number of amides is 3. The number of hydrogen-bond donors (Lipinski definition) is 2. The minimum Gasteiger partial charge on any atom is -0.335 e. The van der Waals surface area contributed by atoms with Crippen LogP contribution in [-0.4, -0.2) is 38.5 Å². The third kappa shape index (κ3) is 6.08. The molecule has 2 N–H and O–H groups in total. The Hall–Kier alpha value is -2.32. The van der Waals surface area contributed by atoms with Gasteiger partial charge in [0, 0.05) is 23.2 Å². The zero-order chi connectivity index (χ0) is 20.6. The van der Waals surface area contributed by atoms with Gasteiger partial charge in [-0.15, -0.1) is 16.8 Å². The largest absolute Gasteiger partial charge is 0.335 e. The van der Waals surface area contributed by atoms with Gasteiger partial charge in [0.05, 0.1) is 5.75 Å². The van der Waals surface area contributed by atoms with Crippen LogP contribution in [0.1, 0.15) is 32.1 Å². The summed E-state index contributed by atoms with van der Waals surface area (Å²) < 4.78 is 1.87. The van der Waals surface area contributed by atoms with E-state index < -0.39 is 6.03 Å². The number of rotatable bonds is 7. The fourth-order valence-electron chi connectivity index (χ4n) is 3.26. The van der Waals surface area contributed by atoms with Crippen molar-refractivity contribution in [2.24, 2.45) is 0 Å². The molecular weight excluding hydrogens is 410 g/mol. The van der Waals surface area contributed by atoms with Gasteiger partial charge >= 0.3 is 6.03 Å². The minimum atomic E-state index is -0.433. The third-order valence-electron chi connectivity index (χ3n) is 4.66. The number of allylic oxidation sites excluding steroid dienone is 1. The average Bonchev–Trinajstić information content (AvgIpc) is 3.10. The molecule has 0 radical (unpaired) electrons. The normalized spacial score (nSPS) is 14.4. The Morgan fingerprint density at radius 1 is 1.21 bits per heavy atom. The molecule has 1 saturated carbocycles. The number of thioether (sulfide) groups is 1. The van der Waals surface area contributed by atoms with Gasteiger partial charge in [0.2, 0.25) is 5.91 Å². The molecule has 29 heavy (non-hydrogen) atoms. The van der Waals surface area contributed by atoms with Crippen LogP contribution in [0.5, 0.6) is 0 Å². The van der Waals surface area contributed by atoms with Crippen LogP contribution in [-0.2, 0) is 11.3 Å². The summed E-state index contributed by atoms with van der Waals surface area (Å²) in [5.41, 5.74) is 0.868. The summed E-state index contributed by atoms with van der Waals surface area (Å²) in [6.07, 6.45) is 7.11. The van der Waals surface area contributed by atoms with E-state index in [0.717, 1.165) is 31.2 Å². The first-order valence-electron chi connectivity index (χ1n) is 9.60. The quantitative estimate of drug-likeness (QED) is 0.508. The van der Waals surface area contributed by atoms with Crippen molar-refractivity contribution in [2.75, 3.05) is 5.75 Å². The van der Waals surface area contributed by atoms with Gasteiger partial charge in [-0.25, -0.2) is 4.79 Å². The molecule has 9 heteroatoms. The van der Waals surface area contributed by atoms with Crippen molar-refractivity contribution in [3.8, 4) is 11.4 Å². The lowest BCUT2D eigenvalue weighted by molar-refractivity contribution is -0.117. The average molecular weight is 434 g/mol. The number of urea groups is 1. The van der Waals surface area contributed by atoms with E-state index in [0.29, 0.717) is 22.5 Å². The summed E-state index contributed by atoms with van der Waals surface area (Å²) in [5, 5.41) is 14.9. The lowest BCUT2D eigenvalue weighted by Gasteiger charge is -2.22. The van der Waals surface area contributed by atoms with Crippen LogP contribution in [0.3, 0.4) is 0 Å². The van der Waals surface area contributed by atoms with Gasteiger partial charge in [0.15, 0.2) is 11.0 Å². The maximum absolute atomic E-state index is 12.2. The number of nitrogens with zero attached hydrogens (tertiary/aromatic N) is 3. The molecule has 154 valence electrons. The highest BCUT2D eigenvalue weighted by atomic mass is 35.5. The summed E-state index contributed by atoms with van der Waals surface area (Å²) in [6, 6.07) is 7.02. The molecular formula is C20H24ClN5O2S. The molecule has 1 aromatic heterocycles. The van der Waals surface area contributed by atoms with Gasteiger partial charge in [-0.3, -0.25) is 14.7 Å². The molecule has 0 aliphatic heterocycles. The zero-order valence-corrected chi connectivity index (χ0v) is 17.6. The van der Waals surface area contributed by atoms with Crippen molar-refractivity contribution >= 4 is 35.3 Å². The van der Waals surface area contributed by atoms with E-state index in [-0.39, 0.29) is 17.7 Å². The summed E-state index contributed by atoms with van der Waals surface area (Å²) in [5.74, 6) is 0.359. The predicted molar refractivity (Wildman–Crippen MR) is 115 cm³/mol. The van der Waals surface area contributed by atoms with Crippen LogP contribution in [0.15, 0.2) is 42.1 Å². The number of benzene rings is 1. The summed E-state index contributed by atoms with van der Waals surface area (Å²) in [6.45, 7) is 4.27. The van der Waals surface area contributed by atoms with Crippen molar-refractivity contribution in [3.05, 3.63) is 41.9 Å². The smallest absolute Gasteiger partial charge is 0.321 e. The molecule has 0 atom stereocenters. The molecule has 1 aliphatic rings. The second-order valence-electron chi connectivity index (χ2n) is 6.86. The highest BCUT2D eigenvalue weighted by Crippen LogP contribution is 2.25. The van der Waals surface area contributed by atoms with Crippen molar-refractivity contribution in [3.63, 3.8) is 0 Å². The van der Waals surface area contributed by atoms with Crippen LogP contribution in [0.2, 0.25) is 5.02 Å². The Bertz CT molecular complexity index is 862. The van der Waals surface area contributed by atoms with Gasteiger partial charge in [-0.05, 0) is 37.1 Å². The standard InChI is InChI=1S/C20H24ClN5O2S/c1-2-12-26-18(14-8-10-15(21)11-9-14)24-25-20(26)29-13-17(27)23-19(28)22-16-6-4-3-5-7-16/h2,8-11,16H,1,3-7,12-13H2,(H2,22,23,27,28). The molecule has 3 amide bonds. The highest BCUT2D eigenvalue weighted by Gasteiger charge is 2.18. The molecule has 7 nitrogen and oxygen atoms in total. The molecule has 1 heterocycles. The molecule has 2 aromatic rings. The summed E-state index contributed by atoms with van der Waals surface area (Å²) >= 11 is 7.18. The van der Waals surface area contributed by atoms with Crippen molar-refractivity contribution < 1.29 is 9.59 Å². The second-order valence-corrected chi connectivity index (χ2v) is 8.24. The number of hydrogen-bond acceptors (Lipinski definition) is 5. The fraction of sp³-hybridized carbons (Fsp3) is 0.400. The first-order chi connectivity index (χ1) is 14.1. The SMILES string of the molecule is C=CCn1c(SCC(=O)NC(=O)NC2CCCCC2)nnc1-c1ccc(Cl)cc1. The molecule has 1 fully saturated rings. The Kier molecular flexibility index (Phi) is 7.71. The number of carbonyl (C=O) groups excluding carboxylic acids is 2. The van der Waals surface area contributed by atoms with E-state index in [1.807, 2.05) is 16.7 Å². The second kappa shape index (κ2) is 10.5.